The lowest BCUT2D eigenvalue weighted by atomic mass is 10.2. The molecule has 0 radical (unpaired) electrons. The van der Waals surface area contributed by atoms with Crippen molar-refractivity contribution in [2.45, 2.75) is 26.8 Å². The molecule has 1 aromatic heterocycles. The zero-order chi connectivity index (χ0) is 14.4. The Morgan fingerprint density at radius 3 is 2.85 bits per heavy atom. The first-order valence-electron chi connectivity index (χ1n) is 7.02. The Kier molecular flexibility index (Phi) is 5.07. The van der Waals surface area contributed by atoms with E-state index in [0.29, 0.717) is 0 Å². The van der Waals surface area contributed by atoms with Gasteiger partial charge in [0.15, 0.2) is 5.82 Å². The molecule has 1 heterocycles. The molecule has 0 atom stereocenters. The first-order chi connectivity index (χ1) is 9.70. The van der Waals surface area contributed by atoms with Crippen LogP contribution in [0.15, 0.2) is 36.7 Å². The number of nitrogens with one attached hydrogen (secondary N) is 1. The van der Waals surface area contributed by atoms with Crippen molar-refractivity contribution >= 4 is 11.5 Å². The van der Waals surface area contributed by atoms with Gasteiger partial charge in [0.1, 0.15) is 0 Å². The van der Waals surface area contributed by atoms with Gasteiger partial charge < -0.3 is 10.2 Å². The fraction of sp³-hybridized carbons (Fsp3) is 0.375. The molecule has 0 fully saturated rings. The maximum Gasteiger partial charge on any atom is 0.151 e. The molecule has 0 spiro atoms. The second kappa shape index (κ2) is 7.01. The van der Waals surface area contributed by atoms with E-state index >= 15 is 0 Å². The summed E-state index contributed by atoms with van der Waals surface area (Å²) < 4.78 is 0. The maximum absolute atomic E-state index is 4.65. The van der Waals surface area contributed by atoms with Crippen LogP contribution in [0.5, 0.6) is 0 Å². The summed E-state index contributed by atoms with van der Waals surface area (Å²) in [5, 5.41) is 3.35. The molecule has 20 heavy (non-hydrogen) atoms. The van der Waals surface area contributed by atoms with E-state index in [1.165, 1.54) is 5.56 Å². The molecule has 0 saturated heterocycles. The van der Waals surface area contributed by atoms with Gasteiger partial charge >= 0.3 is 0 Å². The van der Waals surface area contributed by atoms with Gasteiger partial charge in [-0.2, -0.15) is 0 Å². The van der Waals surface area contributed by atoms with E-state index in [1.54, 1.807) is 6.20 Å². The van der Waals surface area contributed by atoms with E-state index in [-0.39, 0.29) is 0 Å². The van der Waals surface area contributed by atoms with E-state index in [4.69, 9.17) is 0 Å². The Balaban J connectivity index is 2.13. The average molecular weight is 270 g/mol. The standard InChI is InChI=1S/C16H22N4/c1-4-8-17-10-14-11-18-12-16(19-14)20(3)15-7-5-6-13(2)9-15/h5-7,9,11-12,17H,4,8,10H2,1-3H3. The number of anilines is 2. The van der Waals surface area contributed by atoms with Gasteiger partial charge in [-0.25, -0.2) is 4.98 Å². The molecule has 0 aliphatic rings. The number of benzene rings is 1. The Morgan fingerprint density at radius 2 is 2.10 bits per heavy atom. The number of nitrogens with zero attached hydrogens (tertiary/aromatic N) is 3. The second-order valence-electron chi connectivity index (χ2n) is 4.94. The Hall–Kier alpha value is -1.94. The van der Waals surface area contributed by atoms with E-state index in [2.05, 4.69) is 58.3 Å². The number of rotatable bonds is 6. The highest BCUT2D eigenvalue weighted by molar-refractivity contribution is 5.59. The Labute approximate surface area is 120 Å². The monoisotopic (exact) mass is 270 g/mol. The SMILES string of the molecule is CCCNCc1cncc(N(C)c2cccc(C)c2)n1. The molecule has 106 valence electrons. The first-order valence-corrected chi connectivity index (χ1v) is 7.02. The van der Waals surface area contributed by atoms with E-state index < -0.39 is 0 Å². The summed E-state index contributed by atoms with van der Waals surface area (Å²) in [6.07, 6.45) is 4.73. The summed E-state index contributed by atoms with van der Waals surface area (Å²) in [6, 6.07) is 8.37. The number of aromatic nitrogens is 2. The van der Waals surface area contributed by atoms with Gasteiger partial charge in [-0.3, -0.25) is 4.98 Å². The highest BCUT2D eigenvalue weighted by Crippen LogP contribution is 2.21. The van der Waals surface area contributed by atoms with Gasteiger partial charge in [0, 0.05) is 25.5 Å². The lowest BCUT2D eigenvalue weighted by Gasteiger charge is -2.19. The molecule has 0 aliphatic carbocycles. The fourth-order valence-electron chi connectivity index (χ4n) is 2.00. The molecule has 2 aromatic rings. The Morgan fingerprint density at radius 1 is 1.25 bits per heavy atom. The summed E-state index contributed by atoms with van der Waals surface area (Å²) >= 11 is 0. The van der Waals surface area contributed by atoms with Crippen molar-refractivity contribution in [2.24, 2.45) is 0 Å². The van der Waals surface area contributed by atoms with Crippen LogP contribution in [0.4, 0.5) is 11.5 Å². The molecule has 0 saturated carbocycles. The van der Waals surface area contributed by atoms with Crippen LogP contribution >= 0.6 is 0 Å². The molecule has 4 heteroatoms. The molecule has 4 nitrogen and oxygen atoms in total. The average Bonchev–Trinajstić information content (AvgIpc) is 2.47. The van der Waals surface area contributed by atoms with Crippen LogP contribution in [-0.4, -0.2) is 23.6 Å². The van der Waals surface area contributed by atoms with Crippen molar-refractivity contribution in [3.8, 4) is 0 Å². The summed E-state index contributed by atoms with van der Waals surface area (Å²) in [7, 11) is 2.02. The van der Waals surface area contributed by atoms with Gasteiger partial charge in [0.2, 0.25) is 0 Å². The third kappa shape index (κ3) is 3.78. The molecule has 0 aliphatic heterocycles. The van der Waals surface area contributed by atoms with Crippen LogP contribution < -0.4 is 10.2 Å². The molecule has 1 N–H and O–H groups in total. The molecular formula is C16H22N4. The van der Waals surface area contributed by atoms with Crippen LogP contribution in [0, 0.1) is 6.92 Å². The molecule has 1 aromatic carbocycles. The summed E-state index contributed by atoms with van der Waals surface area (Å²) in [5.41, 5.74) is 3.33. The highest BCUT2D eigenvalue weighted by Gasteiger charge is 2.07. The first kappa shape index (κ1) is 14.5. The third-order valence-corrected chi connectivity index (χ3v) is 3.14. The van der Waals surface area contributed by atoms with E-state index in [0.717, 1.165) is 36.7 Å². The summed E-state index contributed by atoms with van der Waals surface area (Å²) in [4.78, 5) is 11.0. The summed E-state index contributed by atoms with van der Waals surface area (Å²) in [5.74, 6) is 0.867. The van der Waals surface area contributed by atoms with Crippen molar-refractivity contribution in [1.82, 2.24) is 15.3 Å². The van der Waals surface area contributed by atoms with Crippen LogP contribution in [0.1, 0.15) is 24.6 Å². The van der Waals surface area contributed by atoms with Crippen LogP contribution in [0.3, 0.4) is 0 Å². The number of hydrogen-bond acceptors (Lipinski definition) is 4. The lowest BCUT2D eigenvalue weighted by Crippen LogP contribution is -2.17. The minimum Gasteiger partial charge on any atom is -0.328 e. The minimum atomic E-state index is 0.760. The number of hydrogen-bond donors (Lipinski definition) is 1. The van der Waals surface area contributed by atoms with Crippen LogP contribution in [-0.2, 0) is 6.54 Å². The molecule has 0 bridgehead atoms. The van der Waals surface area contributed by atoms with Crippen molar-refractivity contribution in [3.05, 3.63) is 47.9 Å². The second-order valence-corrected chi connectivity index (χ2v) is 4.94. The normalized spacial score (nSPS) is 10.6. The predicted molar refractivity (Wildman–Crippen MR) is 83.3 cm³/mol. The predicted octanol–water partition coefficient (Wildman–Crippen LogP) is 3.05. The van der Waals surface area contributed by atoms with Crippen molar-refractivity contribution in [2.75, 3.05) is 18.5 Å². The van der Waals surface area contributed by atoms with Crippen molar-refractivity contribution in [3.63, 3.8) is 0 Å². The number of aryl methyl sites for hydroxylation is 1. The Bertz CT molecular complexity index is 554. The van der Waals surface area contributed by atoms with Crippen LogP contribution in [0.2, 0.25) is 0 Å². The maximum atomic E-state index is 4.65. The third-order valence-electron chi connectivity index (χ3n) is 3.14. The van der Waals surface area contributed by atoms with Gasteiger partial charge in [-0.05, 0) is 37.6 Å². The van der Waals surface area contributed by atoms with Crippen molar-refractivity contribution < 1.29 is 0 Å². The zero-order valence-electron chi connectivity index (χ0n) is 12.4. The minimum absolute atomic E-state index is 0.760. The zero-order valence-corrected chi connectivity index (χ0v) is 12.4. The van der Waals surface area contributed by atoms with Crippen LogP contribution in [0.25, 0.3) is 0 Å². The van der Waals surface area contributed by atoms with Gasteiger partial charge in [0.05, 0.1) is 11.9 Å². The molecule has 0 unspecified atom stereocenters. The van der Waals surface area contributed by atoms with Gasteiger partial charge in [-0.15, -0.1) is 0 Å². The topological polar surface area (TPSA) is 41.1 Å². The molecule has 0 amide bonds. The highest BCUT2D eigenvalue weighted by atomic mass is 15.2. The fourth-order valence-corrected chi connectivity index (χ4v) is 2.00. The van der Waals surface area contributed by atoms with Gasteiger partial charge in [-0.1, -0.05) is 19.1 Å². The quantitative estimate of drug-likeness (QED) is 0.819. The lowest BCUT2D eigenvalue weighted by molar-refractivity contribution is 0.662. The largest absolute Gasteiger partial charge is 0.328 e. The summed E-state index contributed by atoms with van der Waals surface area (Å²) in [6.45, 7) is 6.00. The van der Waals surface area contributed by atoms with Crippen molar-refractivity contribution in [1.29, 1.82) is 0 Å². The van der Waals surface area contributed by atoms with E-state index in [9.17, 15) is 0 Å². The molecular weight excluding hydrogens is 248 g/mol. The molecule has 2 rings (SSSR count). The smallest absolute Gasteiger partial charge is 0.151 e. The van der Waals surface area contributed by atoms with E-state index in [1.807, 2.05) is 13.2 Å². The van der Waals surface area contributed by atoms with Gasteiger partial charge in [0.25, 0.3) is 0 Å².